The zero-order valence-corrected chi connectivity index (χ0v) is 12.9. The highest BCUT2D eigenvalue weighted by Gasteiger charge is 2.27. The molecule has 1 aromatic rings. The Kier molecular flexibility index (Phi) is 5.55. The lowest BCUT2D eigenvalue weighted by molar-refractivity contribution is 0.130. The highest BCUT2D eigenvalue weighted by Crippen LogP contribution is 2.28. The average molecular weight is 278 g/mol. The highest BCUT2D eigenvalue weighted by atomic mass is 19.1. The van der Waals surface area contributed by atoms with Crippen molar-refractivity contribution in [1.29, 1.82) is 0 Å². The SMILES string of the molecule is CCNC(c1ccccc1F)C(C)CN(C)C1CCC1. The minimum absolute atomic E-state index is 0.0868. The zero-order chi connectivity index (χ0) is 14.5. The van der Waals surface area contributed by atoms with E-state index in [-0.39, 0.29) is 11.9 Å². The number of nitrogens with one attached hydrogen (secondary N) is 1. The van der Waals surface area contributed by atoms with Crippen molar-refractivity contribution in [2.45, 2.75) is 45.2 Å². The molecule has 0 aromatic heterocycles. The Morgan fingerprint density at radius 1 is 1.35 bits per heavy atom. The first-order valence-corrected chi connectivity index (χ1v) is 7.81. The molecule has 1 saturated carbocycles. The Labute approximate surface area is 122 Å². The first kappa shape index (κ1) is 15.5. The fourth-order valence-corrected chi connectivity index (χ4v) is 3.10. The van der Waals surface area contributed by atoms with Gasteiger partial charge in [-0.15, -0.1) is 0 Å². The van der Waals surface area contributed by atoms with Gasteiger partial charge in [-0.05, 0) is 38.4 Å². The van der Waals surface area contributed by atoms with Crippen molar-refractivity contribution in [2.24, 2.45) is 5.92 Å². The van der Waals surface area contributed by atoms with Crippen molar-refractivity contribution in [1.82, 2.24) is 10.2 Å². The van der Waals surface area contributed by atoms with Crippen LogP contribution in [0.25, 0.3) is 0 Å². The van der Waals surface area contributed by atoms with Gasteiger partial charge in [-0.2, -0.15) is 0 Å². The summed E-state index contributed by atoms with van der Waals surface area (Å²) in [5.74, 6) is 0.286. The first-order valence-electron chi connectivity index (χ1n) is 7.81. The molecule has 1 aromatic carbocycles. The van der Waals surface area contributed by atoms with E-state index < -0.39 is 0 Å². The van der Waals surface area contributed by atoms with E-state index in [0.717, 1.165) is 24.7 Å². The maximum atomic E-state index is 14.0. The Morgan fingerprint density at radius 2 is 2.05 bits per heavy atom. The van der Waals surface area contributed by atoms with Gasteiger partial charge < -0.3 is 10.2 Å². The predicted octanol–water partition coefficient (Wildman–Crippen LogP) is 3.60. The summed E-state index contributed by atoms with van der Waals surface area (Å²) in [6.45, 7) is 6.16. The van der Waals surface area contributed by atoms with Crippen LogP contribution in [0.1, 0.15) is 44.7 Å². The molecule has 0 spiro atoms. The van der Waals surface area contributed by atoms with Crippen molar-refractivity contribution in [3.63, 3.8) is 0 Å². The van der Waals surface area contributed by atoms with Crippen molar-refractivity contribution in [3.8, 4) is 0 Å². The molecule has 0 aliphatic heterocycles. The van der Waals surface area contributed by atoms with Crippen molar-refractivity contribution in [3.05, 3.63) is 35.6 Å². The van der Waals surface area contributed by atoms with E-state index in [1.54, 1.807) is 12.1 Å². The molecular formula is C17H27FN2. The molecule has 3 heteroatoms. The molecule has 2 unspecified atom stereocenters. The topological polar surface area (TPSA) is 15.3 Å². The van der Waals surface area contributed by atoms with Crippen LogP contribution in [0.3, 0.4) is 0 Å². The molecule has 1 aliphatic carbocycles. The third kappa shape index (κ3) is 3.58. The van der Waals surface area contributed by atoms with E-state index in [4.69, 9.17) is 0 Å². The van der Waals surface area contributed by atoms with Crippen LogP contribution in [0.15, 0.2) is 24.3 Å². The van der Waals surface area contributed by atoms with Crippen LogP contribution in [0, 0.1) is 11.7 Å². The lowest BCUT2D eigenvalue weighted by Gasteiger charge is -2.38. The van der Waals surface area contributed by atoms with Crippen molar-refractivity contribution < 1.29 is 4.39 Å². The lowest BCUT2D eigenvalue weighted by atomic mass is 9.89. The van der Waals surface area contributed by atoms with Gasteiger partial charge in [-0.3, -0.25) is 0 Å². The van der Waals surface area contributed by atoms with Crippen LogP contribution in [0.2, 0.25) is 0 Å². The van der Waals surface area contributed by atoms with Crippen LogP contribution in [-0.4, -0.2) is 31.1 Å². The van der Waals surface area contributed by atoms with Gasteiger partial charge in [0.05, 0.1) is 0 Å². The van der Waals surface area contributed by atoms with E-state index in [9.17, 15) is 4.39 Å². The van der Waals surface area contributed by atoms with E-state index >= 15 is 0 Å². The molecule has 1 aliphatic rings. The zero-order valence-electron chi connectivity index (χ0n) is 12.9. The second-order valence-corrected chi connectivity index (χ2v) is 6.06. The summed E-state index contributed by atoms with van der Waals surface area (Å²) in [6, 6.07) is 7.96. The van der Waals surface area contributed by atoms with Gasteiger partial charge in [0, 0.05) is 24.2 Å². The number of nitrogens with zero attached hydrogens (tertiary/aromatic N) is 1. The second kappa shape index (κ2) is 7.19. The fourth-order valence-electron chi connectivity index (χ4n) is 3.10. The molecule has 0 amide bonds. The molecule has 2 atom stereocenters. The van der Waals surface area contributed by atoms with Crippen molar-refractivity contribution in [2.75, 3.05) is 20.1 Å². The summed E-state index contributed by atoms with van der Waals surface area (Å²) in [4.78, 5) is 2.44. The number of rotatable bonds is 7. The fraction of sp³-hybridized carbons (Fsp3) is 0.647. The van der Waals surface area contributed by atoms with Crippen LogP contribution in [0.5, 0.6) is 0 Å². The van der Waals surface area contributed by atoms with E-state index in [2.05, 4.69) is 31.1 Å². The minimum atomic E-state index is -0.100. The van der Waals surface area contributed by atoms with Gasteiger partial charge in [-0.25, -0.2) is 4.39 Å². The normalized spacial score (nSPS) is 18.9. The number of halogens is 1. The smallest absolute Gasteiger partial charge is 0.127 e. The quantitative estimate of drug-likeness (QED) is 0.820. The number of benzene rings is 1. The van der Waals surface area contributed by atoms with Crippen LogP contribution in [0.4, 0.5) is 4.39 Å². The van der Waals surface area contributed by atoms with E-state index in [0.29, 0.717) is 5.92 Å². The maximum Gasteiger partial charge on any atom is 0.127 e. The van der Waals surface area contributed by atoms with E-state index in [1.807, 2.05) is 12.1 Å². The molecule has 1 N–H and O–H groups in total. The Morgan fingerprint density at radius 3 is 2.60 bits per heavy atom. The average Bonchev–Trinajstić information content (AvgIpc) is 2.34. The van der Waals surface area contributed by atoms with Gasteiger partial charge in [0.25, 0.3) is 0 Å². The van der Waals surface area contributed by atoms with E-state index in [1.165, 1.54) is 19.3 Å². The van der Waals surface area contributed by atoms with Gasteiger partial charge >= 0.3 is 0 Å². The first-order chi connectivity index (χ1) is 9.63. The molecule has 0 saturated heterocycles. The molecular weight excluding hydrogens is 251 g/mol. The van der Waals surface area contributed by atoms with Gasteiger partial charge in [0.1, 0.15) is 5.82 Å². The summed E-state index contributed by atoms with van der Waals surface area (Å²) in [6.07, 6.45) is 3.98. The van der Waals surface area contributed by atoms with Crippen LogP contribution < -0.4 is 5.32 Å². The Bertz CT molecular complexity index is 417. The van der Waals surface area contributed by atoms with Crippen LogP contribution >= 0.6 is 0 Å². The maximum absolute atomic E-state index is 14.0. The monoisotopic (exact) mass is 278 g/mol. The third-order valence-electron chi connectivity index (χ3n) is 4.51. The molecule has 0 bridgehead atoms. The van der Waals surface area contributed by atoms with Crippen molar-refractivity contribution >= 4 is 0 Å². The molecule has 112 valence electrons. The third-order valence-corrected chi connectivity index (χ3v) is 4.51. The number of hydrogen-bond acceptors (Lipinski definition) is 2. The van der Waals surface area contributed by atoms with Crippen LogP contribution in [-0.2, 0) is 0 Å². The van der Waals surface area contributed by atoms with Gasteiger partial charge in [0.15, 0.2) is 0 Å². The molecule has 1 fully saturated rings. The minimum Gasteiger partial charge on any atom is -0.310 e. The summed E-state index contributed by atoms with van der Waals surface area (Å²) < 4.78 is 14.0. The highest BCUT2D eigenvalue weighted by molar-refractivity contribution is 5.22. The van der Waals surface area contributed by atoms with Gasteiger partial charge in [-0.1, -0.05) is 38.5 Å². The molecule has 0 heterocycles. The summed E-state index contributed by atoms with van der Waals surface area (Å²) in [7, 11) is 2.20. The number of hydrogen-bond donors (Lipinski definition) is 1. The van der Waals surface area contributed by atoms with Gasteiger partial charge in [0.2, 0.25) is 0 Å². The predicted molar refractivity (Wildman–Crippen MR) is 82.3 cm³/mol. The summed E-state index contributed by atoms with van der Waals surface area (Å²) in [5.41, 5.74) is 0.795. The second-order valence-electron chi connectivity index (χ2n) is 6.06. The largest absolute Gasteiger partial charge is 0.310 e. The molecule has 20 heavy (non-hydrogen) atoms. The standard InChI is InChI=1S/C17H27FN2/c1-4-19-17(15-10-5-6-11-16(15)18)13(2)12-20(3)14-8-7-9-14/h5-6,10-11,13-14,17,19H,4,7-9,12H2,1-3H3. The molecule has 2 rings (SSSR count). The summed E-state index contributed by atoms with van der Waals surface area (Å²) >= 11 is 0. The molecule has 0 radical (unpaired) electrons. The molecule has 2 nitrogen and oxygen atoms in total. The Balaban J connectivity index is 2.05. The lowest BCUT2D eigenvalue weighted by Crippen LogP contribution is -2.42. The summed E-state index contributed by atoms with van der Waals surface area (Å²) in [5, 5.41) is 3.45. The Hall–Kier alpha value is -0.930.